The number of benzene rings is 1. The third-order valence-electron chi connectivity index (χ3n) is 2.12. The molecule has 0 fully saturated rings. The molecule has 0 aliphatic carbocycles. The summed E-state index contributed by atoms with van der Waals surface area (Å²) in [6.07, 6.45) is 0.373. The van der Waals surface area contributed by atoms with Gasteiger partial charge in [-0.25, -0.2) is 0 Å². The molecule has 3 heteroatoms. The Morgan fingerprint density at radius 1 is 1.53 bits per heavy atom. The molecule has 1 rings (SSSR count). The van der Waals surface area contributed by atoms with Crippen LogP contribution in [-0.4, -0.2) is 12.9 Å². The molecular formula is C12H15NO2. The van der Waals surface area contributed by atoms with E-state index in [1.807, 2.05) is 6.07 Å². The Hall–Kier alpha value is -1.77. The second-order valence-electron chi connectivity index (χ2n) is 3.42. The second kappa shape index (κ2) is 4.64. The maximum Gasteiger partial charge on any atom is 0.134 e. The number of rotatable bonds is 4. The molecule has 0 aliphatic rings. The highest BCUT2D eigenvalue weighted by Gasteiger charge is 2.08. The molecule has 0 saturated carbocycles. The lowest BCUT2D eigenvalue weighted by Crippen LogP contribution is -2.02. The van der Waals surface area contributed by atoms with E-state index in [9.17, 15) is 4.79 Å². The summed E-state index contributed by atoms with van der Waals surface area (Å²) in [5.74, 6) is 0.628. The number of nitrogens with two attached hydrogens (primary N) is 1. The molecule has 0 radical (unpaired) electrons. The van der Waals surface area contributed by atoms with Gasteiger partial charge in [-0.05, 0) is 24.6 Å². The summed E-state index contributed by atoms with van der Waals surface area (Å²) >= 11 is 0. The minimum absolute atomic E-state index is 0.102. The summed E-state index contributed by atoms with van der Waals surface area (Å²) in [4.78, 5) is 11.1. The number of Topliss-reactive ketones (excluding diaryl/α,β-unsaturated/α-hetero) is 1. The number of nitrogen functional groups attached to an aromatic ring is 1. The molecule has 0 unspecified atom stereocenters. The van der Waals surface area contributed by atoms with Crippen molar-refractivity contribution in [1.82, 2.24) is 0 Å². The number of ketones is 1. The Morgan fingerprint density at radius 3 is 2.73 bits per heavy atom. The third kappa shape index (κ3) is 2.84. The van der Waals surface area contributed by atoms with E-state index in [1.54, 1.807) is 26.2 Å². The molecule has 0 saturated heterocycles. The third-order valence-corrected chi connectivity index (χ3v) is 2.12. The van der Waals surface area contributed by atoms with Crippen molar-refractivity contribution in [2.45, 2.75) is 13.3 Å². The number of ether oxygens (including phenoxy) is 1. The molecule has 0 spiro atoms. The number of methoxy groups -OCH3 is 1. The number of hydrogen-bond acceptors (Lipinski definition) is 3. The standard InChI is InChI=1S/C12H15NO2/c1-8(14)6-10-4-5-11(13)7-12(10)9(2)15-3/h4-5,7H,2,6,13H2,1,3H3. The lowest BCUT2D eigenvalue weighted by molar-refractivity contribution is -0.116. The molecule has 0 amide bonds. The average Bonchev–Trinajstić information content (AvgIpc) is 2.19. The van der Waals surface area contributed by atoms with Crippen molar-refractivity contribution >= 4 is 17.2 Å². The number of hydrogen-bond donors (Lipinski definition) is 1. The van der Waals surface area contributed by atoms with Crippen LogP contribution in [0.15, 0.2) is 24.8 Å². The van der Waals surface area contributed by atoms with Crippen molar-refractivity contribution in [1.29, 1.82) is 0 Å². The van der Waals surface area contributed by atoms with Crippen molar-refractivity contribution in [3.8, 4) is 0 Å². The largest absolute Gasteiger partial charge is 0.497 e. The highest BCUT2D eigenvalue weighted by Crippen LogP contribution is 2.21. The molecule has 1 aromatic carbocycles. The first-order chi connectivity index (χ1) is 7.04. The fraction of sp³-hybridized carbons (Fsp3) is 0.250. The first-order valence-corrected chi connectivity index (χ1v) is 4.65. The van der Waals surface area contributed by atoms with Gasteiger partial charge in [0.15, 0.2) is 0 Å². The lowest BCUT2D eigenvalue weighted by atomic mass is 10.0. The molecule has 0 bridgehead atoms. The van der Waals surface area contributed by atoms with Crippen LogP contribution in [0, 0.1) is 0 Å². The minimum atomic E-state index is 0.102. The summed E-state index contributed by atoms with van der Waals surface area (Å²) in [6, 6.07) is 5.37. The summed E-state index contributed by atoms with van der Waals surface area (Å²) in [6.45, 7) is 5.31. The molecule has 15 heavy (non-hydrogen) atoms. The van der Waals surface area contributed by atoms with Gasteiger partial charge in [0.2, 0.25) is 0 Å². The molecule has 80 valence electrons. The van der Waals surface area contributed by atoms with Gasteiger partial charge in [-0.15, -0.1) is 0 Å². The smallest absolute Gasteiger partial charge is 0.134 e. The van der Waals surface area contributed by atoms with Crippen LogP contribution in [0.5, 0.6) is 0 Å². The van der Waals surface area contributed by atoms with Crippen LogP contribution in [-0.2, 0) is 16.0 Å². The molecule has 1 aromatic rings. The zero-order valence-corrected chi connectivity index (χ0v) is 9.04. The van der Waals surface area contributed by atoms with E-state index in [4.69, 9.17) is 10.5 Å². The van der Waals surface area contributed by atoms with E-state index in [0.29, 0.717) is 17.9 Å². The van der Waals surface area contributed by atoms with Gasteiger partial charge in [0.05, 0.1) is 7.11 Å². The monoisotopic (exact) mass is 205 g/mol. The number of anilines is 1. The normalized spacial score (nSPS) is 9.73. The zero-order valence-electron chi connectivity index (χ0n) is 9.04. The van der Waals surface area contributed by atoms with Gasteiger partial charge in [-0.3, -0.25) is 4.79 Å². The van der Waals surface area contributed by atoms with Crippen molar-refractivity contribution in [2.24, 2.45) is 0 Å². The highest BCUT2D eigenvalue weighted by molar-refractivity contribution is 5.80. The van der Waals surface area contributed by atoms with Crippen LogP contribution in [0.4, 0.5) is 5.69 Å². The Bertz CT molecular complexity index is 397. The van der Waals surface area contributed by atoms with Gasteiger partial charge >= 0.3 is 0 Å². The predicted octanol–water partition coefficient (Wildman–Crippen LogP) is 2.02. The SMILES string of the molecule is C=C(OC)c1cc(N)ccc1CC(C)=O. The van der Waals surface area contributed by atoms with Gasteiger partial charge in [-0.2, -0.15) is 0 Å². The average molecular weight is 205 g/mol. The van der Waals surface area contributed by atoms with E-state index in [2.05, 4.69) is 6.58 Å². The molecular weight excluding hydrogens is 190 g/mol. The second-order valence-corrected chi connectivity index (χ2v) is 3.42. The topological polar surface area (TPSA) is 52.3 Å². The summed E-state index contributed by atoms with van der Waals surface area (Å²) in [7, 11) is 1.54. The lowest BCUT2D eigenvalue weighted by Gasteiger charge is -2.10. The maximum absolute atomic E-state index is 11.1. The molecule has 3 nitrogen and oxygen atoms in total. The molecule has 0 atom stereocenters. The van der Waals surface area contributed by atoms with Crippen LogP contribution in [0.3, 0.4) is 0 Å². The predicted molar refractivity (Wildman–Crippen MR) is 61.3 cm³/mol. The van der Waals surface area contributed by atoms with E-state index in [1.165, 1.54) is 0 Å². The van der Waals surface area contributed by atoms with Crippen molar-refractivity contribution < 1.29 is 9.53 Å². The van der Waals surface area contributed by atoms with Crippen LogP contribution in [0.25, 0.3) is 5.76 Å². The van der Waals surface area contributed by atoms with Crippen molar-refractivity contribution in [2.75, 3.05) is 12.8 Å². The van der Waals surface area contributed by atoms with Crippen molar-refractivity contribution in [3.63, 3.8) is 0 Å². The van der Waals surface area contributed by atoms with Crippen LogP contribution in [0.1, 0.15) is 18.1 Å². The minimum Gasteiger partial charge on any atom is -0.497 e. The van der Waals surface area contributed by atoms with E-state index >= 15 is 0 Å². The van der Waals surface area contributed by atoms with Crippen molar-refractivity contribution in [3.05, 3.63) is 35.9 Å². The Labute approximate surface area is 89.5 Å². The molecule has 0 heterocycles. The number of carbonyl (C=O) groups excluding carboxylic acids is 1. The fourth-order valence-electron chi connectivity index (χ4n) is 1.39. The van der Waals surface area contributed by atoms with Gasteiger partial charge in [0.25, 0.3) is 0 Å². The Kier molecular flexibility index (Phi) is 3.50. The summed E-state index contributed by atoms with van der Waals surface area (Å²) < 4.78 is 5.05. The van der Waals surface area contributed by atoms with Gasteiger partial charge < -0.3 is 10.5 Å². The molecule has 0 aromatic heterocycles. The van der Waals surface area contributed by atoms with Crippen LogP contribution >= 0.6 is 0 Å². The van der Waals surface area contributed by atoms with Crippen LogP contribution in [0.2, 0.25) is 0 Å². The fourth-order valence-corrected chi connectivity index (χ4v) is 1.39. The van der Waals surface area contributed by atoms with Gasteiger partial charge in [-0.1, -0.05) is 12.6 Å². The maximum atomic E-state index is 11.1. The summed E-state index contributed by atoms with van der Waals surface area (Å²) in [5.41, 5.74) is 7.99. The highest BCUT2D eigenvalue weighted by atomic mass is 16.5. The van der Waals surface area contributed by atoms with Gasteiger partial charge in [0.1, 0.15) is 11.5 Å². The summed E-state index contributed by atoms with van der Waals surface area (Å²) in [5, 5.41) is 0. The first-order valence-electron chi connectivity index (χ1n) is 4.65. The van der Waals surface area contributed by atoms with Gasteiger partial charge in [0, 0.05) is 17.7 Å². The first kappa shape index (κ1) is 11.3. The number of carbonyl (C=O) groups is 1. The molecule has 2 N–H and O–H groups in total. The van der Waals surface area contributed by atoms with Crippen LogP contribution < -0.4 is 5.73 Å². The quantitative estimate of drug-likeness (QED) is 0.604. The van der Waals surface area contributed by atoms with E-state index < -0.39 is 0 Å². The van der Waals surface area contributed by atoms with E-state index in [-0.39, 0.29) is 5.78 Å². The molecule has 0 aliphatic heterocycles. The van der Waals surface area contributed by atoms with E-state index in [0.717, 1.165) is 11.1 Å². The Morgan fingerprint density at radius 2 is 2.20 bits per heavy atom. The zero-order chi connectivity index (χ0) is 11.4. The Balaban J connectivity index is 3.14.